The lowest BCUT2D eigenvalue weighted by molar-refractivity contribution is 0.414. The molecular formula is C17H20O. The number of aryl methyl sites for hydroxylation is 2. The van der Waals surface area contributed by atoms with Gasteiger partial charge in [-0.25, -0.2) is 0 Å². The highest BCUT2D eigenvalue weighted by molar-refractivity contribution is 5.40. The van der Waals surface area contributed by atoms with E-state index in [9.17, 15) is 0 Å². The van der Waals surface area contributed by atoms with Crippen molar-refractivity contribution in [2.75, 3.05) is 7.11 Å². The molecule has 2 aromatic carbocycles. The van der Waals surface area contributed by atoms with Gasteiger partial charge in [-0.1, -0.05) is 29.8 Å². The smallest absolute Gasteiger partial charge is 0.118 e. The van der Waals surface area contributed by atoms with Crippen molar-refractivity contribution in [3.63, 3.8) is 0 Å². The van der Waals surface area contributed by atoms with Crippen molar-refractivity contribution in [2.24, 2.45) is 0 Å². The Labute approximate surface area is 109 Å². The van der Waals surface area contributed by atoms with E-state index < -0.39 is 0 Å². The maximum absolute atomic E-state index is 5.18. The molecule has 0 amide bonds. The molecule has 0 aliphatic carbocycles. The summed E-state index contributed by atoms with van der Waals surface area (Å²) in [6, 6.07) is 12.8. The Balaban J connectivity index is 2.27. The summed E-state index contributed by atoms with van der Waals surface area (Å²) in [6.07, 6.45) is 0.984. The van der Waals surface area contributed by atoms with Gasteiger partial charge >= 0.3 is 0 Å². The molecule has 0 N–H and O–H groups in total. The fourth-order valence-electron chi connectivity index (χ4n) is 2.27. The molecule has 2 rings (SSSR count). The van der Waals surface area contributed by atoms with E-state index in [2.05, 4.69) is 45.0 Å². The summed E-state index contributed by atoms with van der Waals surface area (Å²) in [5.41, 5.74) is 6.85. The van der Waals surface area contributed by atoms with Gasteiger partial charge < -0.3 is 4.74 Å². The number of methoxy groups -OCH3 is 1. The zero-order chi connectivity index (χ0) is 13.1. The Hall–Kier alpha value is -1.76. The maximum atomic E-state index is 5.18. The standard InChI is InChI=1S/C17H20O/c1-12-9-13(2)14(3)16(10-12)11-15-5-7-17(18-4)8-6-15/h5-10H,11H2,1-4H3. The van der Waals surface area contributed by atoms with Crippen molar-refractivity contribution < 1.29 is 4.74 Å². The number of hydrogen-bond donors (Lipinski definition) is 0. The lowest BCUT2D eigenvalue weighted by Crippen LogP contribution is -1.96. The topological polar surface area (TPSA) is 9.23 Å². The molecule has 0 atom stereocenters. The molecule has 0 saturated carbocycles. The third kappa shape index (κ3) is 2.73. The van der Waals surface area contributed by atoms with Crippen LogP contribution in [0.5, 0.6) is 5.75 Å². The van der Waals surface area contributed by atoms with Crippen molar-refractivity contribution in [2.45, 2.75) is 27.2 Å². The molecule has 0 radical (unpaired) electrons. The van der Waals surface area contributed by atoms with E-state index in [0.29, 0.717) is 0 Å². The van der Waals surface area contributed by atoms with E-state index in [1.165, 1.54) is 27.8 Å². The number of ether oxygens (including phenoxy) is 1. The van der Waals surface area contributed by atoms with E-state index in [0.717, 1.165) is 12.2 Å². The zero-order valence-corrected chi connectivity index (χ0v) is 11.6. The molecule has 0 saturated heterocycles. The minimum atomic E-state index is 0.913. The predicted octanol–water partition coefficient (Wildman–Crippen LogP) is 4.21. The Morgan fingerprint density at radius 3 is 2.22 bits per heavy atom. The molecular weight excluding hydrogens is 220 g/mol. The second-order valence-corrected chi connectivity index (χ2v) is 4.89. The van der Waals surface area contributed by atoms with Crippen LogP contribution in [0.4, 0.5) is 0 Å². The zero-order valence-electron chi connectivity index (χ0n) is 11.6. The van der Waals surface area contributed by atoms with E-state index >= 15 is 0 Å². The van der Waals surface area contributed by atoms with Crippen LogP contribution < -0.4 is 4.74 Å². The third-order valence-electron chi connectivity index (χ3n) is 3.47. The highest BCUT2D eigenvalue weighted by atomic mass is 16.5. The molecule has 1 heteroatoms. The number of hydrogen-bond acceptors (Lipinski definition) is 1. The van der Waals surface area contributed by atoms with Crippen LogP contribution in [0.25, 0.3) is 0 Å². The normalized spacial score (nSPS) is 10.4. The average Bonchev–Trinajstić information content (AvgIpc) is 2.36. The molecule has 0 bridgehead atoms. The molecule has 0 heterocycles. The van der Waals surface area contributed by atoms with Gasteiger partial charge in [-0.05, 0) is 61.6 Å². The molecule has 0 aliphatic rings. The van der Waals surface area contributed by atoms with Gasteiger partial charge in [0, 0.05) is 0 Å². The largest absolute Gasteiger partial charge is 0.497 e. The Bertz CT molecular complexity index is 538. The Morgan fingerprint density at radius 2 is 1.61 bits per heavy atom. The first-order valence-corrected chi connectivity index (χ1v) is 6.30. The van der Waals surface area contributed by atoms with Crippen LogP contribution in [0, 0.1) is 20.8 Å². The second-order valence-electron chi connectivity index (χ2n) is 4.89. The molecule has 18 heavy (non-hydrogen) atoms. The first-order valence-electron chi connectivity index (χ1n) is 6.30. The summed E-state index contributed by atoms with van der Waals surface area (Å²) in [7, 11) is 1.70. The number of rotatable bonds is 3. The highest BCUT2D eigenvalue weighted by Gasteiger charge is 2.04. The summed E-state index contributed by atoms with van der Waals surface area (Å²) in [6.45, 7) is 6.54. The minimum absolute atomic E-state index is 0.913. The van der Waals surface area contributed by atoms with Gasteiger partial charge in [0.15, 0.2) is 0 Å². The predicted molar refractivity (Wildman–Crippen MR) is 76.5 cm³/mol. The van der Waals surface area contributed by atoms with Crippen molar-refractivity contribution >= 4 is 0 Å². The van der Waals surface area contributed by atoms with E-state index in [1.54, 1.807) is 7.11 Å². The molecule has 0 aromatic heterocycles. The van der Waals surface area contributed by atoms with E-state index in [4.69, 9.17) is 4.74 Å². The van der Waals surface area contributed by atoms with Crippen LogP contribution in [0.2, 0.25) is 0 Å². The average molecular weight is 240 g/mol. The molecule has 0 fully saturated rings. The van der Waals surface area contributed by atoms with Gasteiger partial charge in [0.25, 0.3) is 0 Å². The Morgan fingerprint density at radius 1 is 0.944 bits per heavy atom. The van der Waals surface area contributed by atoms with Crippen molar-refractivity contribution in [3.8, 4) is 5.75 Å². The van der Waals surface area contributed by atoms with E-state index in [1.807, 2.05) is 12.1 Å². The van der Waals surface area contributed by atoms with Gasteiger partial charge in [0.1, 0.15) is 5.75 Å². The quantitative estimate of drug-likeness (QED) is 0.781. The van der Waals surface area contributed by atoms with Gasteiger partial charge in [-0.2, -0.15) is 0 Å². The van der Waals surface area contributed by atoms with Gasteiger partial charge in [0.05, 0.1) is 7.11 Å². The maximum Gasteiger partial charge on any atom is 0.118 e. The lowest BCUT2D eigenvalue weighted by Gasteiger charge is -2.11. The van der Waals surface area contributed by atoms with E-state index in [-0.39, 0.29) is 0 Å². The Kier molecular flexibility index (Phi) is 3.71. The fourth-order valence-corrected chi connectivity index (χ4v) is 2.27. The fraction of sp³-hybridized carbons (Fsp3) is 0.294. The molecule has 0 spiro atoms. The lowest BCUT2D eigenvalue weighted by atomic mass is 9.95. The van der Waals surface area contributed by atoms with Crippen LogP contribution in [-0.4, -0.2) is 7.11 Å². The highest BCUT2D eigenvalue weighted by Crippen LogP contribution is 2.20. The minimum Gasteiger partial charge on any atom is -0.497 e. The summed E-state index contributed by atoms with van der Waals surface area (Å²) in [4.78, 5) is 0. The van der Waals surface area contributed by atoms with Crippen LogP contribution in [0.3, 0.4) is 0 Å². The van der Waals surface area contributed by atoms with Crippen LogP contribution >= 0.6 is 0 Å². The van der Waals surface area contributed by atoms with Gasteiger partial charge in [0.2, 0.25) is 0 Å². The first kappa shape index (κ1) is 12.7. The van der Waals surface area contributed by atoms with Gasteiger partial charge in [-0.3, -0.25) is 0 Å². The van der Waals surface area contributed by atoms with Crippen LogP contribution in [0.1, 0.15) is 27.8 Å². The second kappa shape index (κ2) is 5.26. The van der Waals surface area contributed by atoms with Crippen molar-refractivity contribution in [1.82, 2.24) is 0 Å². The summed E-state index contributed by atoms with van der Waals surface area (Å²) in [5.74, 6) is 0.913. The monoisotopic (exact) mass is 240 g/mol. The third-order valence-corrected chi connectivity index (χ3v) is 3.47. The first-order chi connectivity index (χ1) is 8.60. The summed E-state index contributed by atoms with van der Waals surface area (Å²) >= 11 is 0. The van der Waals surface area contributed by atoms with Gasteiger partial charge in [-0.15, -0.1) is 0 Å². The molecule has 0 aliphatic heterocycles. The van der Waals surface area contributed by atoms with Crippen molar-refractivity contribution in [1.29, 1.82) is 0 Å². The summed E-state index contributed by atoms with van der Waals surface area (Å²) < 4.78 is 5.18. The summed E-state index contributed by atoms with van der Waals surface area (Å²) in [5, 5.41) is 0. The number of benzene rings is 2. The van der Waals surface area contributed by atoms with Crippen LogP contribution in [-0.2, 0) is 6.42 Å². The molecule has 94 valence electrons. The molecule has 1 nitrogen and oxygen atoms in total. The van der Waals surface area contributed by atoms with Crippen LogP contribution in [0.15, 0.2) is 36.4 Å². The molecule has 2 aromatic rings. The van der Waals surface area contributed by atoms with Crippen molar-refractivity contribution in [3.05, 3.63) is 64.2 Å². The SMILES string of the molecule is COc1ccc(Cc2cc(C)cc(C)c2C)cc1. The molecule has 0 unspecified atom stereocenters.